The van der Waals surface area contributed by atoms with Crippen LogP contribution in [0.15, 0.2) is 16.9 Å². The second kappa shape index (κ2) is 10.1. The van der Waals surface area contributed by atoms with E-state index in [1.54, 1.807) is 6.92 Å². The van der Waals surface area contributed by atoms with Crippen molar-refractivity contribution in [2.45, 2.75) is 32.2 Å². The van der Waals surface area contributed by atoms with E-state index in [-0.39, 0.29) is 31.2 Å². The number of hydrogen-bond acceptors (Lipinski definition) is 3. The predicted octanol–water partition coefficient (Wildman–Crippen LogP) is 1.64. The first-order valence-corrected chi connectivity index (χ1v) is 4.89. The van der Waals surface area contributed by atoms with Crippen LogP contribution < -0.4 is 11.5 Å². The maximum atomic E-state index is 13.2. The van der Waals surface area contributed by atoms with Crippen molar-refractivity contribution >= 4 is 36.6 Å². The summed E-state index contributed by atoms with van der Waals surface area (Å²) < 4.78 is 13.2. The van der Waals surface area contributed by atoms with Crippen LogP contribution in [0.5, 0.6) is 0 Å². The van der Waals surface area contributed by atoms with E-state index in [1.807, 2.05) is 0 Å². The van der Waals surface area contributed by atoms with Gasteiger partial charge in [0.15, 0.2) is 0 Å². The number of amidine groups is 1. The van der Waals surface area contributed by atoms with E-state index in [0.29, 0.717) is 18.8 Å². The van der Waals surface area contributed by atoms with Crippen LogP contribution in [0.1, 0.15) is 26.7 Å². The van der Waals surface area contributed by atoms with Gasteiger partial charge < -0.3 is 16.6 Å². The fourth-order valence-electron chi connectivity index (χ4n) is 0.961. The van der Waals surface area contributed by atoms with E-state index in [9.17, 15) is 9.18 Å². The number of nitrogens with two attached hydrogens (primary N) is 2. The molecule has 5 N–H and O–H groups in total. The van der Waals surface area contributed by atoms with Gasteiger partial charge in [0.25, 0.3) is 0 Å². The van der Waals surface area contributed by atoms with Crippen LogP contribution in [0, 0.1) is 0 Å². The van der Waals surface area contributed by atoms with Crippen molar-refractivity contribution in [1.29, 1.82) is 0 Å². The summed E-state index contributed by atoms with van der Waals surface area (Å²) in [5.74, 6) is -1.34. The Morgan fingerprint density at radius 1 is 1.50 bits per heavy atom. The Labute approximate surface area is 118 Å². The van der Waals surface area contributed by atoms with Crippen LogP contribution in [-0.2, 0) is 4.79 Å². The molecular weight excluding hydrogens is 284 g/mol. The lowest BCUT2D eigenvalue weighted by molar-refractivity contribution is -0.142. The van der Waals surface area contributed by atoms with Gasteiger partial charge >= 0.3 is 5.97 Å². The molecular formula is C10H20Cl2FN3O2. The Kier molecular flexibility index (Phi) is 12.5. The summed E-state index contributed by atoms with van der Waals surface area (Å²) in [7, 11) is 0. The molecule has 0 aliphatic heterocycles. The molecule has 0 saturated heterocycles. The Hall–Kier alpha value is -0.850. The number of carbonyl (C=O) groups is 1. The molecule has 0 amide bonds. The van der Waals surface area contributed by atoms with Gasteiger partial charge in [-0.2, -0.15) is 0 Å². The third-order valence-electron chi connectivity index (χ3n) is 1.88. The molecule has 0 rings (SSSR count). The summed E-state index contributed by atoms with van der Waals surface area (Å²) in [6.45, 7) is 3.29. The Morgan fingerprint density at radius 3 is 2.39 bits per heavy atom. The van der Waals surface area contributed by atoms with Crippen molar-refractivity contribution in [1.82, 2.24) is 0 Å². The van der Waals surface area contributed by atoms with Gasteiger partial charge in [-0.15, -0.1) is 24.8 Å². The lowest BCUT2D eigenvalue weighted by Gasteiger charge is -2.17. The second-order valence-electron chi connectivity index (χ2n) is 3.86. The van der Waals surface area contributed by atoms with Gasteiger partial charge in [-0.1, -0.05) is 6.08 Å². The average Bonchev–Trinajstić information content (AvgIpc) is 2.11. The molecule has 5 nitrogen and oxygen atoms in total. The van der Waals surface area contributed by atoms with E-state index < -0.39 is 17.3 Å². The van der Waals surface area contributed by atoms with Crippen molar-refractivity contribution in [2.75, 3.05) is 6.54 Å². The molecule has 8 heteroatoms. The third kappa shape index (κ3) is 10.3. The molecule has 18 heavy (non-hydrogen) atoms. The monoisotopic (exact) mass is 303 g/mol. The summed E-state index contributed by atoms with van der Waals surface area (Å²) in [6.07, 6.45) is 1.32. The molecule has 0 aromatic heterocycles. The molecule has 0 bridgehead atoms. The Bertz CT molecular complexity index is 316. The maximum absolute atomic E-state index is 13.2. The van der Waals surface area contributed by atoms with E-state index in [0.717, 1.165) is 0 Å². The van der Waals surface area contributed by atoms with Gasteiger partial charge in [-0.05, 0) is 20.3 Å². The van der Waals surface area contributed by atoms with Crippen molar-refractivity contribution < 1.29 is 14.3 Å². The quantitative estimate of drug-likeness (QED) is 0.394. The first kappa shape index (κ1) is 22.3. The van der Waals surface area contributed by atoms with Gasteiger partial charge in [0.2, 0.25) is 0 Å². The first-order chi connectivity index (χ1) is 7.25. The number of nitrogens with zero attached hydrogens (tertiary/aromatic N) is 1. The van der Waals surface area contributed by atoms with Gasteiger partial charge in [0, 0.05) is 13.0 Å². The van der Waals surface area contributed by atoms with E-state index >= 15 is 0 Å². The summed E-state index contributed by atoms with van der Waals surface area (Å²) in [6, 6.07) is 0. The van der Waals surface area contributed by atoms with Gasteiger partial charge in [-0.25, -0.2) is 4.39 Å². The highest BCUT2D eigenvalue weighted by Gasteiger charge is 2.29. The molecule has 0 radical (unpaired) electrons. The normalized spacial score (nSPS) is 15.1. The third-order valence-corrected chi connectivity index (χ3v) is 1.88. The minimum atomic E-state index is -1.58. The van der Waals surface area contributed by atoms with Crippen molar-refractivity contribution in [3.63, 3.8) is 0 Å². The Balaban J connectivity index is -0.00000112. The standard InChI is InChI=1S/C10H18FN3O2.2ClH/c1-7(12)14-5-3-4-8(11)6-10(2,13)9(15)16;;/h4H,3,5-6,13H2,1-2H3,(H2,12,14)(H,15,16);2*1H/b8-4-;;. The van der Waals surface area contributed by atoms with E-state index in [2.05, 4.69) is 4.99 Å². The zero-order valence-corrected chi connectivity index (χ0v) is 12.0. The van der Waals surface area contributed by atoms with Crippen LogP contribution in [-0.4, -0.2) is 29.0 Å². The van der Waals surface area contributed by atoms with Gasteiger partial charge in [0.05, 0.1) is 11.7 Å². The SMILES string of the molecule is CC(N)=NCC/C=C(\F)CC(C)(N)C(=O)O.Cl.Cl. The maximum Gasteiger partial charge on any atom is 0.323 e. The molecule has 0 aromatic rings. The summed E-state index contributed by atoms with van der Waals surface area (Å²) in [5, 5.41) is 8.68. The van der Waals surface area contributed by atoms with Crippen LogP contribution in [0.3, 0.4) is 0 Å². The number of carboxylic acid groups (broad SMARTS) is 1. The van der Waals surface area contributed by atoms with Gasteiger partial charge in [0.1, 0.15) is 5.54 Å². The van der Waals surface area contributed by atoms with Crippen LogP contribution in [0.25, 0.3) is 0 Å². The summed E-state index contributed by atoms with van der Waals surface area (Å²) in [4.78, 5) is 14.5. The number of aliphatic carboxylic acids is 1. The highest BCUT2D eigenvalue weighted by atomic mass is 35.5. The molecule has 0 aliphatic carbocycles. The largest absolute Gasteiger partial charge is 0.480 e. The zero-order chi connectivity index (χ0) is 12.8. The van der Waals surface area contributed by atoms with Crippen LogP contribution >= 0.6 is 24.8 Å². The highest BCUT2D eigenvalue weighted by Crippen LogP contribution is 2.15. The van der Waals surface area contributed by atoms with E-state index in [4.69, 9.17) is 16.6 Å². The number of hydrogen-bond donors (Lipinski definition) is 3. The molecule has 1 unspecified atom stereocenters. The number of aliphatic imine (C=N–C) groups is 1. The second-order valence-corrected chi connectivity index (χ2v) is 3.86. The fourth-order valence-corrected chi connectivity index (χ4v) is 0.961. The lowest BCUT2D eigenvalue weighted by atomic mass is 9.98. The molecule has 0 heterocycles. The first-order valence-electron chi connectivity index (χ1n) is 4.89. The highest BCUT2D eigenvalue weighted by molar-refractivity contribution is 5.85. The topological polar surface area (TPSA) is 102 Å². The molecule has 0 aromatic carbocycles. The summed E-state index contributed by atoms with van der Waals surface area (Å²) in [5.41, 5.74) is 9.10. The lowest BCUT2D eigenvalue weighted by Crippen LogP contribution is -2.44. The summed E-state index contributed by atoms with van der Waals surface area (Å²) >= 11 is 0. The van der Waals surface area contributed by atoms with Crippen LogP contribution in [0.4, 0.5) is 4.39 Å². The molecule has 0 aliphatic rings. The molecule has 0 fully saturated rings. The van der Waals surface area contributed by atoms with Crippen molar-refractivity contribution in [3.05, 3.63) is 11.9 Å². The zero-order valence-electron chi connectivity index (χ0n) is 10.4. The van der Waals surface area contributed by atoms with Gasteiger partial charge in [-0.3, -0.25) is 9.79 Å². The average molecular weight is 304 g/mol. The Morgan fingerprint density at radius 2 is 2.00 bits per heavy atom. The fraction of sp³-hybridized carbons (Fsp3) is 0.600. The molecule has 1 atom stereocenters. The van der Waals surface area contributed by atoms with Crippen LogP contribution in [0.2, 0.25) is 0 Å². The molecule has 0 saturated carbocycles. The predicted molar refractivity (Wildman–Crippen MR) is 75.3 cm³/mol. The smallest absolute Gasteiger partial charge is 0.323 e. The molecule has 0 spiro atoms. The van der Waals surface area contributed by atoms with Crippen molar-refractivity contribution in [3.8, 4) is 0 Å². The number of carboxylic acids is 1. The number of halogens is 3. The number of rotatable bonds is 6. The minimum absolute atomic E-state index is 0. The van der Waals surface area contributed by atoms with E-state index in [1.165, 1.54) is 13.0 Å². The minimum Gasteiger partial charge on any atom is -0.480 e. The van der Waals surface area contributed by atoms with Crippen molar-refractivity contribution in [2.24, 2.45) is 16.5 Å². The molecule has 108 valence electrons.